The van der Waals surface area contributed by atoms with Gasteiger partial charge in [-0.05, 0) is 30.6 Å². The topological polar surface area (TPSA) is 47.9 Å². The predicted octanol–water partition coefficient (Wildman–Crippen LogP) is 1.46. The summed E-state index contributed by atoms with van der Waals surface area (Å²) in [4.78, 5) is 0. The molecule has 0 bridgehead atoms. The maximum absolute atomic E-state index is 9.40. The fraction of sp³-hybridized carbons (Fsp3) is 1.00. The van der Waals surface area contributed by atoms with Crippen LogP contribution in [0.25, 0.3) is 0 Å². The molecule has 1 fully saturated rings. The normalized spacial score (nSPS) is 19.2. The summed E-state index contributed by atoms with van der Waals surface area (Å²) in [6.45, 7) is 5.62. The Morgan fingerprint density at radius 1 is 1.06 bits per heavy atom. The second-order valence-corrected chi connectivity index (χ2v) is 5.05. The zero-order valence-corrected chi connectivity index (χ0v) is 11.1. The molecule has 102 valence electrons. The summed E-state index contributed by atoms with van der Waals surface area (Å²) in [5, 5.41) is 9.40. The lowest BCUT2D eigenvalue weighted by Gasteiger charge is -2.26. The van der Waals surface area contributed by atoms with Crippen molar-refractivity contribution >= 4 is 0 Å². The highest BCUT2D eigenvalue weighted by Crippen LogP contribution is 2.47. The van der Waals surface area contributed by atoms with Crippen molar-refractivity contribution in [2.75, 3.05) is 46.8 Å². The van der Waals surface area contributed by atoms with Gasteiger partial charge < -0.3 is 19.3 Å². The standard InChI is InChI=1S/C13H26O4/c1-13(11-14,12-3-4-12)5-6-16-9-10-17-8-7-15-2/h12,14H,3-11H2,1-2H3. The molecule has 1 unspecified atom stereocenters. The maximum Gasteiger partial charge on any atom is 0.0701 e. The molecule has 0 amide bonds. The van der Waals surface area contributed by atoms with E-state index >= 15 is 0 Å². The number of aliphatic hydroxyl groups excluding tert-OH is 1. The van der Waals surface area contributed by atoms with Crippen LogP contribution in [0.4, 0.5) is 0 Å². The first-order valence-electron chi connectivity index (χ1n) is 6.48. The van der Waals surface area contributed by atoms with Crippen molar-refractivity contribution in [2.24, 2.45) is 11.3 Å². The first-order chi connectivity index (χ1) is 8.23. The van der Waals surface area contributed by atoms with Crippen molar-refractivity contribution in [1.82, 2.24) is 0 Å². The van der Waals surface area contributed by atoms with Crippen LogP contribution in [0, 0.1) is 11.3 Å². The van der Waals surface area contributed by atoms with Crippen LogP contribution in [0.15, 0.2) is 0 Å². The van der Waals surface area contributed by atoms with Crippen molar-refractivity contribution in [1.29, 1.82) is 0 Å². The average molecular weight is 246 g/mol. The van der Waals surface area contributed by atoms with Gasteiger partial charge in [-0.25, -0.2) is 0 Å². The van der Waals surface area contributed by atoms with Crippen molar-refractivity contribution in [3.63, 3.8) is 0 Å². The van der Waals surface area contributed by atoms with Crippen LogP contribution >= 0.6 is 0 Å². The molecule has 0 heterocycles. The fourth-order valence-electron chi connectivity index (χ4n) is 1.96. The third-order valence-corrected chi connectivity index (χ3v) is 3.55. The van der Waals surface area contributed by atoms with Gasteiger partial charge in [0.2, 0.25) is 0 Å². The van der Waals surface area contributed by atoms with E-state index in [4.69, 9.17) is 14.2 Å². The van der Waals surface area contributed by atoms with Gasteiger partial charge in [-0.3, -0.25) is 0 Å². The van der Waals surface area contributed by atoms with E-state index in [1.165, 1.54) is 12.8 Å². The minimum atomic E-state index is 0.0664. The van der Waals surface area contributed by atoms with E-state index < -0.39 is 0 Å². The Morgan fingerprint density at radius 2 is 1.65 bits per heavy atom. The largest absolute Gasteiger partial charge is 0.396 e. The van der Waals surface area contributed by atoms with Crippen LogP contribution < -0.4 is 0 Å². The van der Waals surface area contributed by atoms with Crippen LogP contribution in [0.3, 0.4) is 0 Å². The van der Waals surface area contributed by atoms with E-state index in [9.17, 15) is 5.11 Å². The molecule has 0 aliphatic heterocycles. The third-order valence-electron chi connectivity index (χ3n) is 3.55. The van der Waals surface area contributed by atoms with Gasteiger partial charge in [-0.1, -0.05) is 6.92 Å². The molecule has 0 aromatic rings. The molecule has 4 heteroatoms. The number of rotatable bonds is 11. The lowest BCUT2D eigenvalue weighted by atomic mass is 9.83. The molecule has 0 aromatic heterocycles. The summed E-state index contributed by atoms with van der Waals surface area (Å²) in [6, 6.07) is 0. The number of ether oxygens (including phenoxy) is 3. The van der Waals surface area contributed by atoms with Gasteiger partial charge in [-0.15, -0.1) is 0 Å². The molecular formula is C13H26O4. The van der Waals surface area contributed by atoms with Gasteiger partial charge in [0, 0.05) is 20.3 Å². The number of methoxy groups -OCH3 is 1. The molecule has 0 spiro atoms. The van der Waals surface area contributed by atoms with E-state index in [1.54, 1.807) is 7.11 Å². The molecule has 1 atom stereocenters. The van der Waals surface area contributed by atoms with E-state index in [-0.39, 0.29) is 12.0 Å². The van der Waals surface area contributed by atoms with Crippen molar-refractivity contribution in [2.45, 2.75) is 26.2 Å². The fourth-order valence-corrected chi connectivity index (χ4v) is 1.96. The minimum absolute atomic E-state index is 0.0664. The van der Waals surface area contributed by atoms with Crippen molar-refractivity contribution in [3.05, 3.63) is 0 Å². The quantitative estimate of drug-likeness (QED) is 0.561. The highest BCUT2D eigenvalue weighted by atomic mass is 16.5. The predicted molar refractivity (Wildman–Crippen MR) is 66.0 cm³/mol. The van der Waals surface area contributed by atoms with E-state index in [2.05, 4.69) is 6.92 Å². The van der Waals surface area contributed by atoms with Crippen molar-refractivity contribution < 1.29 is 19.3 Å². The van der Waals surface area contributed by atoms with Crippen LogP contribution in [0.1, 0.15) is 26.2 Å². The molecule has 1 rings (SSSR count). The Hall–Kier alpha value is -0.160. The van der Waals surface area contributed by atoms with Gasteiger partial charge in [0.1, 0.15) is 0 Å². The van der Waals surface area contributed by atoms with Gasteiger partial charge in [0.05, 0.1) is 26.4 Å². The SMILES string of the molecule is COCCOCCOCCC(C)(CO)C1CC1. The molecular weight excluding hydrogens is 220 g/mol. The van der Waals surface area contributed by atoms with Crippen LogP contribution in [0.5, 0.6) is 0 Å². The summed E-state index contributed by atoms with van der Waals surface area (Å²) < 4.78 is 15.7. The van der Waals surface area contributed by atoms with E-state index in [0.717, 1.165) is 6.42 Å². The molecule has 0 radical (unpaired) electrons. The number of aliphatic hydroxyl groups is 1. The first kappa shape index (κ1) is 14.9. The summed E-state index contributed by atoms with van der Waals surface area (Å²) in [7, 11) is 1.66. The molecule has 1 aliphatic carbocycles. The van der Waals surface area contributed by atoms with Crippen LogP contribution in [-0.4, -0.2) is 51.9 Å². The summed E-state index contributed by atoms with van der Waals surface area (Å²) >= 11 is 0. The monoisotopic (exact) mass is 246 g/mol. The first-order valence-corrected chi connectivity index (χ1v) is 6.48. The number of hydrogen-bond donors (Lipinski definition) is 1. The molecule has 1 saturated carbocycles. The number of hydrogen-bond acceptors (Lipinski definition) is 4. The van der Waals surface area contributed by atoms with Crippen LogP contribution in [-0.2, 0) is 14.2 Å². The van der Waals surface area contributed by atoms with Gasteiger partial charge >= 0.3 is 0 Å². The molecule has 0 aromatic carbocycles. The molecule has 1 aliphatic rings. The molecule has 0 saturated heterocycles. The maximum atomic E-state index is 9.40. The Kier molecular flexibility index (Phi) is 7.04. The Balaban J connectivity index is 1.92. The van der Waals surface area contributed by atoms with Crippen molar-refractivity contribution in [3.8, 4) is 0 Å². The van der Waals surface area contributed by atoms with Gasteiger partial charge in [0.15, 0.2) is 0 Å². The smallest absolute Gasteiger partial charge is 0.0701 e. The van der Waals surface area contributed by atoms with E-state index in [0.29, 0.717) is 39.0 Å². The Morgan fingerprint density at radius 3 is 2.18 bits per heavy atom. The summed E-state index contributed by atoms with van der Waals surface area (Å²) in [6.07, 6.45) is 3.46. The van der Waals surface area contributed by atoms with E-state index in [1.807, 2.05) is 0 Å². The Bertz CT molecular complexity index is 194. The highest BCUT2D eigenvalue weighted by Gasteiger charge is 2.40. The molecule has 17 heavy (non-hydrogen) atoms. The highest BCUT2D eigenvalue weighted by molar-refractivity contribution is 4.90. The third kappa shape index (κ3) is 5.82. The Labute approximate surface area is 104 Å². The second kappa shape index (κ2) is 8.03. The zero-order valence-electron chi connectivity index (χ0n) is 11.1. The summed E-state index contributed by atoms with van der Waals surface area (Å²) in [5.74, 6) is 0.703. The molecule has 1 N–H and O–H groups in total. The second-order valence-electron chi connectivity index (χ2n) is 5.05. The van der Waals surface area contributed by atoms with Gasteiger partial charge in [-0.2, -0.15) is 0 Å². The summed E-state index contributed by atoms with van der Waals surface area (Å²) in [5.41, 5.74) is 0.0664. The molecule has 4 nitrogen and oxygen atoms in total. The lowest BCUT2D eigenvalue weighted by Crippen LogP contribution is -2.26. The average Bonchev–Trinajstić information content (AvgIpc) is 3.16. The lowest BCUT2D eigenvalue weighted by molar-refractivity contribution is 0.00860. The zero-order chi connectivity index (χ0) is 12.6. The van der Waals surface area contributed by atoms with Gasteiger partial charge in [0.25, 0.3) is 0 Å². The van der Waals surface area contributed by atoms with Crippen LogP contribution in [0.2, 0.25) is 0 Å². The minimum Gasteiger partial charge on any atom is -0.396 e.